The Morgan fingerprint density at radius 3 is 2.26 bits per heavy atom. The highest BCUT2D eigenvalue weighted by atomic mass is 16.5. The van der Waals surface area contributed by atoms with E-state index in [1.165, 1.54) is 0 Å². The molecule has 1 rings (SSSR count). The SMILES string of the molecule is COc1ccc(OC)c(C(C)NCC(C)C(C)C)c1. The van der Waals surface area contributed by atoms with Crippen molar-refractivity contribution >= 4 is 0 Å². The summed E-state index contributed by atoms with van der Waals surface area (Å²) in [6, 6.07) is 6.16. The summed E-state index contributed by atoms with van der Waals surface area (Å²) in [6.07, 6.45) is 0. The fraction of sp³-hybridized carbons (Fsp3) is 0.625. The van der Waals surface area contributed by atoms with Crippen molar-refractivity contribution in [2.75, 3.05) is 20.8 Å². The van der Waals surface area contributed by atoms with Crippen LogP contribution in [0, 0.1) is 11.8 Å². The van der Waals surface area contributed by atoms with E-state index in [4.69, 9.17) is 9.47 Å². The van der Waals surface area contributed by atoms with Gasteiger partial charge in [0, 0.05) is 11.6 Å². The van der Waals surface area contributed by atoms with Crippen molar-refractivity contribution in [3.63, 3.8) is 0 Å². The maximum Gasteiger partial charge on any atom is 0.123 e. The standard InChI is InChI=1S/C16H27NO2/c1-11(2)12(3)10-17-13(4)15-9-14(18-5)7-8-16(15)19-6/h7-9,11-13,17H,10H2,1-6H3. The van der Waals surface area contributed by atoms with Gasteiger partial charge in [0.05, 0.1) is 14.2 Å². The monoisotopic (exact) mass is 265 g/mol. The van der Waals surface area contributed by atoms with Crippen LogP contribution in [0.3, 0.4) is 0 Å². The zero-order valence-electron chi connectivity index (χ0n) is 13.0. The average Bonchev–Trinajstić information content (AvgIpc) is 2.43. The Labute approximate surface area is 117 Å². The van der Waals surface area contributed by atoms with Gasteiger partial charge in [-0.05, 0) is 43.5 Å². The smallest absolute Gasteiger partial charge is 0.123 e. The summed E-state index contributed by atoms with van der Waals surface area (Å²) < 4.78 is 10.7. The number of methoxy groups -OCH3 is 2. The largest absolute Gasteiger partial charge is 0.497 e. The predicted octanol–water partition coefficient (Wildman–Crippen LogP) is 3.65. The molecular weight excluding hydrogens is 238 g/mol. The number of ether oxygens (including phenoxy) is 2. The van der Waals surface area contributed by atoms with Gasteiger partial charge in [-0.3, -0.25) is 0 Å². The van der Waals surface area contributed by atoms with Crippen molar-refractivity contribution in [1.82, 2.24) is 5.32 Å². The molecule has 0 spiro atoms. The van der Waals surface area contributed by atoms with Crippen LogP contribution in [0.1, 0.15) is 39.3 Å². The van der Waals surface area contributed by atoms with E-state index in [1.54, 1.807) is 14.2 Å². The van der Waals surface area contributed by atoms with Crippen molar-refractivity contribution in [2.45, 2.75) is 33.7 Å². The quantitative estimate of drug-likeness (QED) is 0.816. The fourth-order valence-electron chi connectivity index (χ4n) is 1.89. The van der Waals surface area contributed by atoms with Gasteiger partial charge >= 0.3 is 0 Å². The second-order valence-electron chi connectivity index (χ2n) is 5.46. The van der Waals surface area contributed by atoms with Crippen LogP contribution < -0.4 is 14.8 Å². The molecule has 0 heterocycles. The van der Waals surface area contributed by atoms with E-state index >= 15 is 0 Å². The highest BCUT2D eigenvalue weighted by Crippen LogP contribution is 2.29. The summed E-state index contributed by atoms with van der Waals surface area (Å²) in [4.78, 5) is 0. The molecule has 0 saturated carbocycles. The summed E-state index contributed by atoms with van der Waals surface area (Å²) in [6.45, 7) is 9.93. The molecule has 0 saturated heterocycles. The van der Waals surface area contributed by atoms with Crippen LogP contribution in [0.25, 0.3) is 0 Å². The predicted molar refractivity (Wildman–Crippen MR) is 80.0 cm³/mol. The number of hydrogen-bond donors (Lipinski definition) is 1. The summed E-state index contributed by atoms with van der Waals surface area (Å²) in [7, 11) is 3.39. The third kappa shape index (κ3) is 4.43. The first-order valence-electron chi connectivity index (χ1n) is 6.94. The molecule has 0 amide bonds. The van der Waals surface area contributed by atoms with Crippen LogP contribution in [0.2, 0.25) is 0 Å². The van der Waals surface area contributed by atoms with Crippen LogP contribution in [-0.2, 0) is 0 Å². The molecule has 0 bridgehead atoms. The molecule has 2 atom stereocenters. The molecule has 108 valence electrons. The summed E-state index contributed by atoms with van der Waals surface area (Å²) in [5, 5.41) is 3.57. The first-order valence-corrected chi connectivity index (χ1v) is 6.94. The highest BCUT2D eigenvalue weighted by molar-refractivity contribution is 5.42. The van der Waals surface area contributed by atoms with Crippen molar-refractivity contribution in [3.8, 4) is 11.5 Å². The van der Waals surface area contributed by atoms with Gasteiger partial charge in [0.15, 0.2) is 0 Å². The van der Waals surface area contributed by atoms with Gasteiger partial charge in [-0.15, -0.1) is 0 Å². The average molecular weight is 265 g/mol. The maximum absolute atomic E-state index is 5.42. The fourth-order valence-corrected chi connectivity index (χ4v) is 1.89. The van der Waals surface area contributed by atoms with E-state index in [0.717, 1.165) is 23.6 Å². The van der Waals surface area contributed by atoms with Crippen molar-refractivity contribution < 1.29 is 9.47 Å². The van der Waals surface area contributed by atoms with Gasteiger partial charge in [0.25, 0.3) is 0 Å². The van der Waals surface area contributed by atoms with Crippen molar-refractivity contribution in [3.05, 3.63) is 23.8 Å². The Bertz CT molecular complexity index is 390. The molecule has 3 nitrogen and oxygen atoms in total. The lowest BCUT2D eigenvalue weighted by atomic mass is 9.97. The van der Waals surface area contributed by atoms with Crippen molar-refractivity contribution in [1.29, 1.82) is 0 Å². The molecular formula is C16H27NO2. The number of rotatable bonds is 7. The lowest BCUT2D eigenvalue weighted by Gasteiger charge is -2.22. The van der Waals surface area contributed by atoms with Gasteiger partial charge in [0.2, 0.25) is 0 Å². The Kier molecular flexibility index (Phi) is 6.16. The van der Waals surface area contributed by atoms with E-state index in [1.807, 2.05) is 18.2 Å². The van der Waals surface area contributed by atoms with Crippen LogP contribution in [0.15, 0.2) is 18.2 Å². The molecule has 0 aromatic heterocycles. The summed E-state index contributed by atoms with van der Waals surface area (Å²) in [5.74, 6) is 3.10. The number of hydrogen-bond acceptors (Lipinski definition) is 3. The van der Waals surface area contributed by atoms with E-state index in [9.17, 15) is 0 Å². The lowest BCUT2D eigenvalue weighted by Crippen LogP contribution is -2.27. The van der Waals surface area contributed by atoms with Gasteiger partial charge in [-0.25, -0.2) is 0 Å². The highest BCUT2D eigenvalue weighted by Gasteiger charge is 2.14. The van der Waals surface area contributed by atoms with Gasteiger partial charge < -0.3 is 14.8 Å². The van der Waals surface area contributed by atoms with E-state index < -0.39 is 0 Å². The van der Waals surface area contributed by atoms with Crippen molar-refractivity contribution in [2.24, 2.45) is 11.8 Å². The zero-order chi connectivity index (χ0) is 14.4. The topological polar surface area (TPSA) is 30.5 Å². The Hall–Kier alpha value is -1.22. The number of benzene rings is 1. The second-order valence-corrected chi connectivity index (χ2v) is 5.46. The molecule has 3 heteroatoms. The molecule has 0 radical (unpaired) electrons. The Balaban J connectivity index is 2.77. The Morgan fingerprint density at radius 1 is 1.05 bits per heavy atom. The minimum Gasteiger partial charge on any atom is -0.497 e. The molecule has 1 aromatic rings. The van der Waals surface area contributed by atoms with E-state index in [-0.39, 0.29) is 6.04 Å². The lowest BCUT2D eigenvalue weighted by molar-refractivity contribution is 0.363. The molecule has 1 N–H and O–H groups in total. The minimum absolute atomic E-state index is 0.242. The van der Waals surface area contributed by atoms with Crippen LogP contribution in [0.4, 0.5) is 0 Å². The van der Waals surface area contributed by atoms with Crippen LogP contribution in [-0.4, -0.2) is 20.8 Å². The van der Waals surface area contributed by atoms with E-state index in [2.05, 4.69) is 33.0 Å². The molecule has 0 aliphatic heterocycles. The van der Waals surface area contributed by atoms with Crippen LogP contribution in [0.5, 0.6) is 11.5 Å². The minimum atomic E-state index is 0.242. The third-order valence-electron chi connectivity index (χ3n) is 3.79. The second kappa shape index (κ2) is 7.39. The maximum atomic E-state index is 5.42. The summed E-state index contributed by atoms with van der Waals surface area (Å²) in [5.41, 5.74) is 1.14. The Morgan fingerprint density at radius 2 is 1.74 bits per heavy atom. The zero-order valence-corrected chi connectivity index (χ0v) is 13.0. The molecule has 19 heavy (non-hydrogen) atoms. The normalized spacial score (nSPS) is 14.3. The number of nitrogens with one attached hydrogen (secondary N) is 1. The molecule has 0 fully saturated rings. The third-order valence-corrected chi connectivity index (χ3v) is 3.79. The van der Waals surface area contributed by atoms with Gasteiger partial charge in [-0.2, -0.15) is 0 Å². The summed E-state index contributed by atoms with van der Waals surface area (Å²) >= 11 is 0. The van der Waals surface area contributed by atoms with Crippen LogP contribution >= 0.6 is 0 Å². The first-order chi connectivity index (χ1) is 8.99. The van der Waals surface area contributed by atoms with E-state index in [0.29, 0.717) is 11.8 Å². The molecule has 0 aliphatic carbocycles. The first kappa shape index (κ1) is 15.8. The van der Waals surface area contributed by atoms with Gasteiger partial charge in [-0.1, -0.05) is 20.8 Å². The molecule has 0 aliphatic rings. The van der Waals surface area contributed by atoms with Gasteiger partial charge in [0.1, 0.15) is 11.5 Å². The molecule has 1 aromatic carbocycles. The molecule has 2 unspecified atom stereocenters.